The fourth-order valence-electron chi connectivity index (χ4n) is 0.717. The van der Waals surface area contributed by atoms with Gasteiger partial charge in [-0.2, -0.15) is 8.94 Å². The minimum atomic E-state index is -5.23. The summed E-state index contributed by atoms with van der Waals surface area (Å²) in [4.78, 5) is 25.4. The Kier molecular flexibility index (Phi) is 5.70. The number of rotatable bonds is 6. The van der Waals surface area contributed by atoms with Crippen molar-refractivity contribution in [1.29, 1.82) is 0 Å². The zero-order valence-corrected chi connectivity index (χ0v) is 10.2. The molecular weight excluding hydrogens is 268 g/mol. The zero-order chi connectivity index (χ0) is 13.1. The highest BCUT2D eigenvalue weighted by Gasteiger charge is 2.37. The average Bonchev–Trinajstić information content (AvgIpc) is 1.94. The van der Waals surface area contributed by atoms with Crippen molar-refractivity contribution < 1.29 is 43.0 Å². The van der Waals surface area contributed by atoms with E-state index in [2.05, 4.69) is 8.94 Å². The lowest BCUT2D eigenvalue weighted by Crippen LogP contribution is -2.39. The molecule has 3 atom stereocenters. The highest BCUT2D eigenvalue weighted by Crippen LogP contribution is 2.58. The predicted octanol–water partition coefficient (Wildman–Crippen LogP) is -0.894. The maximum absolute atomic E-state index is 11.0. The Balaban J connectivity index is 4.67. The van der Waals surface area contributed by atoms with Gasteiger partial charge in [0.2, 0.25) is 0 Å². The number of nitrogens with zero attached hydrogens (tertiary/aromatic N) is 1. The predicted molar refractivity (Wildman–Crippen MR) is 49.2 cm³/mol. The first-order valence-corrected chi connectivity index (χ1v) is 6.91. The summed E-state index contributed by atoms with van der Waals surface area (Å²) in [7, 11) is -10.4. The second-order valence-electron chi connectivity index (χ2n) is 2.75. The molecule has 5 N–H and O–H groups in total. The molecule has 0 aromatic rings. The fourth-order valence-corrected chi connectivity index (χ4v) is 2.42. The molecule has 0 bridgehead atoms. The van der Waals surface area contributed by atoms with Crippen molar-refractivity contribution in [3.63, 3.8) is 0 Å². The topological polar surface area (TPSA) is 157 Å². The summed E-state index contributed by atoms with van der Waals surface area (Å²) in [6.07, 6.45) is -3.00. The summed E-state index contributed by atoms with van der Waals surface area (Å²) in [5.41, 5.74) is 0. The lowest BCUT2D eigenvalue weighted by atomic mass is 10.5. The van der Waals surface area contributed by atoms with Gasteiger partial charge >= 0.3 is 15.6 Å². The van der Waals surface area contributed by atoms with Gasteiger partial charge in [0, 0.05) is 0 Å². The van der Waals surface area contributed by atoms with Gasteiger partial charge in [-0.25, -0.2) is 9.13 Å². The van der Waals surface area contributed by atoms with Crippen molar-refractivity contribution in [2.24, 2.45) is 0 Å². The lowest BCUT2D eigenvalue weighted by Gasteiger charge is -2.27. The molecule has 0 rings (SSSR count). The highest BCUT2D eigenvalue weighted by atomic mass is 31.3. The molecule has 98 valence electrons. The second-order valence-corrected chi connectivity index (χ2v) is 5.48. The van der Waals surface area contributed by atoms with E-state index < -0.39 is 28.1 Å². The summed E-state index contributed by atoms with van der Waals surface area (Å²) >= 11 is 0. The molecule has 0 spiro atoms. The molecule has 16 heavy (non-hydrogen) atoms. The van der Waals surface area contributed by atoms with Crippen LogP contribution in [0.2, 0.25) is 0 Å². The molecule has 0 fully saturated rings. The smallest absolute Gasteiger partial charge is 0.376 e. The van der Waals surface area contributed by atoms with Gasteiger partial charge in [-0.05, 0) is 13.8 Å². The Hall–Kier alpha value is 0.140. The maximum atomic E-state index is 11.0. The van der Waals surface area contributed by atoms with E-state index in [1.165, 1.54) is 0 Å². The van der Waals surface area contributed by atoms with Crippen molar-refractivity contribution in [1.82, 2.24) is 5.06 Å². The third-order valence-corrected chi connectivity index (χ3v) is 3.21. The molecule has 12 heteroatoms. The van der Waals surface area contributed by atoms with Crippen LogP contribution < -0.4 is 0 Å². The molecular formula is C4H13NO9P2. The van der Waals surface area contributed by atoms with E-state index in [9.17, 15) is 9.13 Å². The van der Waals surface area contributed by atoms with Gasteiger partial charge in [-0.1, -0.05) is 0 Å². The SMILES string of the molecule is CC(O)N(OP(=O)(O)OP(=O)(O)O)C(C)O. The van der Waals surface area contributed by atoms with E-state index in [1.807, 2.05) is 0 Å². The largest absolute Gasteiger partial charge is 0.498 e. The number of aliphatic hydroxyl groups is 2. The summed E-state index contributed by atoms with van der Waals surface area (Å²) < 4.78 is 28.8. The third kappa shape index (κ3) is 6.66. The van der Waals surface area contributed by atoms with Crippen LogP contribution in [-0.2, 0) is 18.1 Å². The highest BCUT2D eigenvalue weighted by molar-refractivity contribution is 7.60. The summed E-state index contributed by atoms with van der Waals surface area (Å²) in [5, 5.41) is 18.2. The minimum absolute atomic E-state index is 0.233. The fraction of sp³-hybridized carbons (Fsp3) is 1.00. The molecule has 0 aliphatic heterocycles. The summed E-state index contributed by atoms with van der Waals surface area (Å²) in [6, 6.07) is 0. The summed E-state index contributed by atoms with van der Waals surface area (Å²) in [5.74, 6) is 0. The number of hydrogen-bond acceptors (Lipinski definition) is 7. The normalized spacial score (nSPS) is 20.5. The van der Waals surface area contributed by atoms with E-state index in [0.29, 0.717) is 0 Å². The molecule has 0 aliphatic rings. The van der Waals surface area contributed by atoms with Crippen molar-refractivity contribution in [3.8, 4) is 0 Å². The van der Waals surface area contributed by atoms with E-state index in [1.54, 1.807) is 0 Å². The number of phosphoric acid groups is 2. The van der Waals surface area contributed by atoms with E-state index in [0.717, 1.165) is 13.8 Å². The van der Waals surface area contributed by atoms with Gasteiger partial charge in [0.15, 0.2) is 0 Å². The molecule has 0 amide bonds. The van der Waals surface area contributed by atoms with Crippen LogP contribution in [0.25, 0.3) is 0 Å². The van der Waals surface area contributed by atoms with Crippen LogP contribution in [0, 0.1) is 0 Å². The Morgan fingerprint density at radius 3 is 1.69 bits per heavy atom. The molecule has 0 heterocycles. The van der Waals surface area contributed by atoms with Gasteiger partial charge in [0.1, 0.15) is 12.5 Å². The van der Waals surface area contributed by atoms with E-state index in [4.69, 9.17) is 24.9 Å². The van der Waals surface area contributed by atoms with Crippen LogP contribution >= 0.6 is 15.6 Å². The van der Waals surface area contributed by atoms with Crippen LogP contribution in [-0.4, -0.2) is 42.4 Å². The first-order chi connectivity index (χ1) is 6.94. The van der Waals surface area contributed by atoms with E-state index >= 15 is 0 Å². The Bertz CT molecular complexity index is 303. The van der Waals surface area contributed by atoms with Gasteiger partial charge in [0.25, 0.3) is 0 Å². The van der Waals surface area contributed by atoms with Gasteiger partial charge < -0.3 is 24.9 Å². The van der Waals surface area contributed by atoms with Crippen LogP contribution in [0.3, 0.4) is 0 Å². The Morgan fingerprint density at radius 2 is 1.44 bits per heavy atom. The van der Waals surface area contributed by atoms with E-state index in [-0.39, 0.29) is 5.06 Å². The van der Waals surface area contributed by atoms with Crippen LogP contribution in [0.5, 0.6) is 0 Å². The summed E-state index contributed by atoms with van der Waals surface area (Å²) in [6.45, 7) is 2.18. The molecule has 0 aromatic carbocycles. The van der Waals surface area contributed by atoms with Crippen molar-refractivity contribution in [2.75, 3.05) is 0 Å². The van der Waals surface area contributed by atoms with Crippen LogP contribution in [0.4, 0.5) is 0 Å². The number of hydrogen-bond donors (Lipinski definition) is 5. The molecule has 0 aromatic heterocycles. The molecule has 0 aliphatic carbocycles. The van der Waals surface area contributed by atoms with Gasteiger partial charge in [0.05, 0.1) is 0 Å². The molecule has 0 saturated carbocycles. The molecule has 10 nitrogen and oxygen atoms in total. The van der Waals surface area contributed by atoms with Gasteiger partial charge in [-0.3, -0.25) is 0 Å². The Morgan fingerprint density at radius 1 is 1.06 bits per heavy atom. The lowest BCUT2D eigenvalue weighted by molar-refractivity contribution is -0.244. The molecule has 0 saturated heterocycles. The first-order valence-electron chi connectivity index (χ1n) is 3.88. The monoisotopic (exact) mass is 281 g/mol. The minimum Gasteiger partial charge on any atom is -0.376 e. The standard InChI is InChI=1S/C4H13NO9P2/c1-3(6)5(4(2)7)13-16(11,12)14-15(8,9)10/h3-4,6-7H,1-2H3,(H,11,12)(H2,8,9,10). The maximum Gasteiger partial charge on any atom is 0.498 e. The average molecular weight is 281 g/mol. The van der Waals surface area contributed by atoms with Crippen molar-refractivity contribution in [2.45, 2.75) is 26.3 Å². The Labute approximate surface area is 90.8 Å². The number of aliphatic hydroxyl groups excluding tert-OH is 2. The van der Waals surface area contributed by atoms with Gasteiger partial charge in [-0.15, -0.1) is 5.06 Å². The number of hydroxylamine groups is 2. The van der Waals surface area contributed by atoms with Crippen LogP contribution in [0.15, 0.2) is 0 Å². The third-order valence-electron chi connectivity index (χ3n) is 1.14. The molecule has 3 unspecified atom stereocenters. The second kappa shape index (κ2) is 5.65. The quantitative estimate of drug-likeness (QED) is 0.235. The van der Waals surface area contributed by atoms with Crippen molar-refractivity contribution in [3.05, 3.63) is 0 Å². The zero-order valence-electron chi connectivity index (χ0n) is 8.37. The van der Waals surface area contributed by atoms with Crippen LogP contribution in [0.1, 0.15) is 13.8 Å². The first kappa shape index (κ1) is 16.1. The van der Waals surface area contributed by atoms with Crippen molar-refractivity contribution >= 4 is 15.6 Å². The molecule has 0 radical (unpaired) electrons.